The van der Waals surface area contributed by atoms with E-state index in [1.807, 2.05) is 24.3 Å². The van der Waals surface area contributed by atoms with E-state index >= 15 is 0 Å². The molecule has 0 radical (unpaired) electrons. The Kier molecular flexibility index (Phi) is 7.69. The molecule has 3 aromatic carbocycles. The van der Waals surface area contributed by atoms with Gasteiger partial charge in [0, 0.05) is 23.4 Å². The summed E-state index contributed by atoms with van der Waals surface area (Å²) in [7, 11) is 1.62. The van der Waals surface area contributed by atoms with Crippen molar-refractivity contribution in [2.45, 2.75) is 12.5 Å². The molecule has 1 aliphatic heterocycles. The number of hydrogen-bond acceptors (Lipinski definition) is 6. The number of cyclic esters (lactones) is 1. The van der Waals surface area contributed by atoms with Crippen LogP contribution < -0.4 is 25.4 Å². The van der Waals surface area contributed by atoms with Crippen molar-refractivity contribution in [1.82, 2.24) is 5.32 Å². The van der Waals surface area contributed by atoms with Gasteiger partial charge in [-0.3, -0.25) is 15.1 Å². The van der Waals surface area contributed by atoms with E-state index in [0.717, 1.165) is 11.3 Å². The highest BCUT2D eigenvalue weighted by Gasteiger charge is 2.32. The fourth-order valence-corrected chi connectivity index (χ4v) is 3.81. The predicted octanol–water partition coefficient (Wildman–Crippen LogP) is 3.36. The van der Waals surface area contributed by atoms with Crippen LogP contribution in [0.15, 0.2) is 72.8 Å². The van der Waals surface area contributed by atoms with Crippen LogP contribution >= 0.6 is 0 Å². The Morgan fingerprint density at radius 3 is 2.58 bits per heavy atom. The maximum atomic E-state index is 12.6. The lowest BCUT2D eigenvalue weighted by atomic mass is 10.1. The molecule has 1 saturated heterocycles. The monoisotopic (exact) mass is 488 g/mol. The molecule has 3 aromatic rings. The van der Waals surface area contributed by atoms with Gasteiger partial charge >= 0.3 is 6.09 Å². The van der Waals surface area contributed by atoms with Crippen LogP contribution in [0.2, 0.25) is 0 Å². The Balaban J connectivity index is 1.27. The van der Waals surface area contributed by atoms with Gasteiger partial charge in [-0.05, 0) is 66.6 Å². The van der Waals surface area contributed by atoms with Crippen molar-refractivity contribution >= 4 is 23.5 Å². The van der Waals surface area contributed by atoms with Crippen LogP contribution in [-0.2, 0) is 11.2 Å². The lowest BCUT2D eigenvalue weighted by Crippen LogP contribution is -2.27. The molecule has 0 aromatic heterocycles. The largest absolute Gasteiger partial charge is 0.497 e. The van der Waals surface area contributed by atoms with Crippen molar-refractivity contribution < 1.29 is 23.8 Å². The molecule has 4 rings (SSSR count). The predicted molar refractivity (Wildman–Crippen MR) is 136 cm³/mol. The first kappa shape index (κ1) is 24.6. The molecule has 1 heterocycles. The highest BCUT2D eigenvalue weighted by Crippen LogP contribution is 2.23. The summed E-state index contributed by atoms with van der Waals surface area (Å²) in [6.45, 7) is 0.954. The minimum absolute atomic E-state index is 0.0374. The number of rotatable bonds is 10. The average Bonchev–Trinajstić information content (AvgIpc) is 3.28. The van der Waals surface area contributed by atoms with E-state index in [1.165, 1.54) is 4.90 Å². The maximum absolute atomic E-state index is 12.6. The number of nitrogen functional groups attached to an aromatic ring is 1. The van der Waals surface area contributed by atoms with Gasteiger partial charge in [0.05, 0.1) is 13.7 Å². The zero-order valence-electron chi connectivity index (χ0n) is 19.9. The topological polar surface area (TPSA) is 127 Å². The number of ether oxygens (including phenoxy) is 3. The van der Waals surface area contributed by atoms with Crippen molar-refractivity contribution in [3.8, 4) is 11.5 Å². The highest BCUT2D eigenvalue weighted by atomic mass is 16.6. The summed E-state index contributed by atoms with van der Waals surface area (Å²) in [5.41, 5.74) is 8.26. The number of benzene rings is 3. The van der Waals surface area contributed by atoms with Crippen LogP contribution in [0.25, 0.3) is 0 Å². The van der Waals surface area contributed by atoms with Gasteiger partial charge in [0.1, 0.15) is 23.9 Å². The summed E-state index contributed by atoms with van der Waals surface area (Å²) >= 11 is 0. The molecule has 0 aliphatic carbocycles. The fourth-order valence-electron chi connectivity index (χ4n) is 3.81. The summed E-state index contributed by atoms with van der Waals surface area (Å²) in [6, 6.07) is 21.4. The first-order chi connectivity index (χ1) is 17.4. The number of amides is 2. The molecular formula is C27H28N4O5. The SMILES string of the molecule is COc1cccc(CCNC(=O)c2cccc(OCC3CN(c4ccc(C(=N)N)cc4)C(=O)O3)c2)c1. The Morgan fingerprint density at radius 2 is 1.83 bits per heavy atom. The number of methoxy groups -OCH3 is 1. The third-order valence-electron chi connectivity index (χ3n) is 5.73. The number of amidine groups is 1. The second-order valence-electron chi connectivity index (χ2n) is 8.27. The van der Waals surface area contributed by atoms with Gasteiger partial charge in [0.25, 0.3) is 5.91 Å². The zero-order chi connectivity index (χ0) is 25.5. The molecule has 0 bridgehead atoms. The molecule has 1 aliphatic rings. The summed E-state index contributed by atoms with van der Waals surface area (Å²) in [5.74, 6) is 1.06. The molecule has 0 saturated carbocycles. The molecule has 1 unspecified atom stereocenters. The number of nitrogens with two attached hydrogens (primary N) is 1. The normalized spacial score (nSPS) is 14.8. The molecule has 36 heavy (non-hydrogen) atoms. The molecule has 186 valence electrons. The second-order valence-corrected chi connectivity index (χ2v) is 8.27. The van der Waals surface area contributed by atoms with Crippen molar-refractivity contribution in [3.63, 3.8) is 0 Å². The smallest absolute Gasteiger partial charge is 0.414 e. The van der Waals surface area contributed by atoms with E-state index in [2.05, 4.69) is 5.32 Å². The standard InChI is InChI=1S/C27H28N4O5/c1-34-22-6-2-4-18(14-22)12-13-30-26(32)20-5-3-7-23(15-20)35-17-24-16-31(27(33)36-24)21-10-8-19(9-11-21)25(28)29/h2-11,14-15,24H,12-13,16-17H2,1H3,(H3,28,29)(H,30,32). The van der Waals surface area contributed by atoms with Crippen LogP contribution in [0.5, 0.6) is 11.5 Å². The first-order valence-electron chi connectivity index (χ1n) is 11.5. The van der Waals surface area contributed by atoms with Gasteiger partial charge in [-0.1, -0.05) is 18.2 Å². The van der Waals surface area contributed by atoms with Crippen LogP contribution in [0.1, 0.15) is 21.5 Å². The lowest BCUT2D eigenvalue weighted by Gasteiger charge is -2.14. The van der Waals surface area contributed by atoms with Gasteiger partial charge in [-0.2, -0.15) is 0 Å². The van der Waals surface area contributed by atoms with E-state index in [1.54, 1.807) is 55.6 Å². The summed E-state index contributed by atoms with van der Waals surface area (Å²) < 4.78 is 16.5. The van der Waals surface area contributed by atoms with Crippen molar-refractivity contribution in [2.24, 2.45) is 5.73 Å². The Hall–Kier alpha value is -4.53. The first-order valence-corrected chi connectivity index (χ1v) is 11.5. The molecule has 1 fully saturated rings. The number of nitrogens with one attached hydrogen (secondary N) is 2. The molecule has 4 N–H and O–H groups in total. The van der Waals surface area contributed by atoms with E-state index in [9.17, 15) is 9.59 Å². The summed E-state index contributed by atoms with van der Waals surface area (Å²) in [5, 5.41) is 10.4. The van der Waals surface area contributed by atoms with E-state index in [0.29, 0.717) is 42.1 Å². The van der Waals surface area contributed by atoms with Crippen molar-refractivity contribution in [2.75, 3.05) is 31.7 Å². The average molecular weight is 489 g/mol. The minimum Gasteiger partial charge on any atom is -0.497 e. The zero-order valence-corrected chi connectivity index (χ0v) is 19.9. The van der Waals surface area contributed by atoms with Gasteiger partial charge in [0.2, 0.25) is 0 Å². The van der Waals surface area contributed by atoms with Crippen LogP contribution in [0, 0.1) is 5.41 Å². The van der Waals surface area contributed by atoms with Crippen LogP contribution in [0.4, 0.5) is 10.5 Å². The highest BCUT2D eigenvalue weighted by molar-refractivity contribution is 5.96. The maximum Gasteiger partial charge on any atom is 0.414 e. The number of nitrogens with zero attached hydrogens (tertiary/aromatic N) is 1. The van der Waals surface area contributed by atoms with Crippen molar-refractivity contribution in [1.29, 1.82) is 5.41 Å². The lowest BCUT2D eigenvalue weighted by molar-refractivity contribution is 0.0953. The molecule has 0 spiro atoms. The Labute approximate surface area is 209 Å². The molecule has 2 amide bonds. The number of anilines is 1. The quantitative estimate of drug-likeness (QED) is 0.297. The van der Waals surface area contributed by atoms with E-state index in [4.69, 9.17) is 25.4 Å². The Morgan fingerprint density at radius 1 is 1.08 bits per heavy atom. The van der Waals surface area contributed by atoms with Gasteiger partial charge < -0.3 is 25.3 Å². The third kappa shape index (κ3) is 6.12. The van der Waals surface area contributed by atoms with Gasteiger partial charge in [-0.15, -0.1) is 0 Å². The van der Waals surface area contributed by atoms with Crippen LogP contribution in [0.3, 0.4) is 0 Å². The second kappa shape index (κ2) is 11.3. The van der Waals surface area contributed by atoms with Crippen molar-refractivity contribution in [3.05, 3.63) is 89.5 Å². The number of hydrogen-bond donors (Lipinski definition) is 3. The molecule has 9 heteroatoms. The number of carbonyl (C=O) groups excluding carboxylic acids is 2. The summed E-state index contributed by atoms with van der Waals surface area (Å²) in [6.07, 6.45) is -0.256. The van der Waals surface area contributed by atoms with E-state index < -0.39 is 12.2 Å². The molecule has 9 nitrogen and oxygen atoms in total. The fraction of sp³-hybridized carbons (Fsp3) is 0.222. The minimum atomic E-state index is -0.469. The third-order valence-corrected chi connectivity index (χ3v) is 5.73. The number of carbonyl (C=O) groups is 2. The Bertz CT molecular complexity index is 1240. The van der Waals surface area contributed by atoms with Gasteiger partial charge in [0.15, 0.2) is 6.10 Å². The van der Waals surface area contributed by atoms with E-state index in [-0.39, 0.29) is 18.3 Å². The van der Waals surface area contributed by atoms with Gasteiger partial charge in [-0.25, -0.2) is 4.79 Å². The van der Waals surface area contributed by atoms with Crippen LogP contribution in [-0.4, -0.2) is 50.7 Å². The molecule has 1 atom stereocenters. The molecular weight excluding hydrogens is 460 g/mol. The summed E-state index contributed by atoms with van der Waals surface area (Å²) in [4.78, 5) is 26.4.